The van der Waals surface area contributed by atoms with Crippen molar-refractivity contribution in [3.63, 3.8) is 0 Å². The zero-order valence-electron chi connectivity index (χ0n) is 15.0. The molecule has 0 aliphatic carbocycles. The number of nitrogens with zero attached hydrogens (tertiary/aromatic N) is 1. The smallest absolute Gasteiger partial charge is 0.294 e. The van der Waals surface area contributed by atoms with Gasteiger partial charge in [-0.2, -0.15) is 0 Å². The molecular weight excluding hydrogens is 399 g/mol. The van der Waals surface area contributed by atoms with Crippen molar-refractivity contribution in [1.29, 1.82) is 0 Å². The van der Waals surface area contributed by atoms with Gasteiger partial charge in [-0.3, -0.25) is 19.3 Å². The van der Waals surface area contributed by atoms with Crippen LogP contribution in [-0.4, -0.2) is 41.7 Å². The third-order valence-electron chi connectivity index (χ3n) is 4.19. The third kappa shape index (κ3) is 4.09. The summed E-state index contributed by atoms with van der Waals surface area (Å²) in [5.74, 6) is -0.598. The van der Waals surface area contributed by atoms with E-state index in [9.17, 15) is 18.8 Å². The number of carbonyl (C=O) groups excluding carboxylic acids is 3. The number of hydrogen-bond acceptors (Lipinski definition) is 6. The Hall–Kier alpha value is -3.33. The highest BCUT2D eigenvalue weighted by molar-refractivity contribution is 8.18. The summed E-state index contributed by atoms with van der Waals surface area (Å²) in [6.45, 7) is 0.418. The number of anilines is 1. The van der Waals surface area contributed by atoms with Gasteiger partial charge in [0.05, 0.1) is 4.91 Å². The normalized spacial score (nSPS) is 17.0. The number of hydrogen-bond donors (Lipinski definition) is 1. The van der Waals surface area contributed by atoms with E-state index in [0.717, 1.165) is 4.90 Å². The quantitative estimate of drug-likeness (QED) is 0.773. The molecule has 2 aromatic carbocycles. The summed E-state index contributed by atoms with van der Waals surface area (Å²) in [5.41, 5.74) is 0.645. The number of carbonyl (C=O) groups is 3. The van der Waals surface area contributed by atoms with Gasteiger partial charge in [-0.05, 0) is 36.0 Å². The van der Waals surface area contributed by atoms with Gasteiger partial charge in [-0.25, -0.2) is 4.39 Å². The Bertz CT molecular complexity index is 1040. The molecule has 29 heavy (non-hydrogen) atoms. The first-order chi connectivity index (χ1) is 14.0. The molecule has 0 radical (unpaired) electrons. The molecule has 2 aromatic rings. The van der Waals surface area contributed by atoms with Crippen LogP contribution in [0.25, 0.3) is 6.08 Å². The van der Waals surface area contributed by atoms with Crippen molar-refractivity contribution in [1.82, 2.24) is 4.90 Å². The number of imide groups is 1. The van der Waals surface area contributed by atoms with Crippen molar-refractivity contribution in [2.24, 2.45) is 0 Å². The number of fused-ring (bicyclic) bond motifs is 1. The second kappa shape index (κ2) is 7.96. The van der Waals surface area contributed by atoms with Crippen molar-refractivity contribution in [3.8, 4) is 11.5 Å². The van der Waals surface area contributed by atoms with Crippen molar-refractivity contribution in [3.05, 3.63) is 58.8 Å². The van der Waals surface area contributed by atoms with E-state index in [1.807, 2.05) is 0 Å². The molecule has 4 rings (SSSR count). The summed E-state index contributed by atoms with van der Waals surface area (Å²) in [6.07, 6.45) is 1.30. The number of rotatable bonds is 4. The van der Waals surface area contributed by atoms with Gasteiger partial charge in [-0.15, -0.1) is 0 Å². The maximum atomic E-state index is 13.8. The molecule has 2 aliphatic heterocycles. The van der Waals surface area contributed by atoms with Crippen LogP contribution in [0.5, 0.6) is 11.5 Å². The predicted octanol–water partition coefficient (Wildman–Crippen LogP) is 3.27. The Balaban J connectivity index is 1.44. The minimum Gasteiger partial charge on any atom is -0.486 e. The van der Waals surface area contributed by atoms with Crippen LogP contribution < -0.4 is 14.8 Å². The van der Waals surface area contributed by atoms with E-state index in [4.69, 9.17) is 9.47 Å². The highest BCUT2D eigenvalue weighted by atomic mass is 32.2. The van der Waals surface area contributed by atoms with Gasteiger partial charge >= 0.3 is 0 Å². The maximum absolute atomic E-state index is 13.8. The lowest BCUT2D eigenvalue weighted by Crippen LogP contribution is -2.36. The van der Waals surface area contributed by atoms with Crippen LogP contribution in [0.4, 0.5) is 14.9 Å². The van der Waals surface area contributed by atoms with Crippen molar-refractivity contribution in [2.75, 3.05) is 25.1 Å². The van der Waals surface area contributed by atoms with E-state index >= 15 is 0 Å². The van der Waals surface area contributed by atoms with Crippen LogP contribution in [0.2, 0.25) is 0 Å². The minimum atomic E-state index is -0.638. The highest BCUT2D eigenvalue weighted by Crippen LogP contribution is 2.34. The Labute approximate surface area is 169 Å². The summed E-state index contributed by atoms with van der Waals surface area (Å²) in [4.78, 5) is 37.9. The standard InChI is InChI=1S/C20H15FN2O5S/c21-14-4-2-1-3-12(14)9-17-19(25)23(20(26)29-17)11-18(24)22-13-5-6-15-16(10-13)28-8-7-27-15/h1-6,9-10H,7-8,11H2,(H,22,24)/b17-9+. The van der Waals surface area contributed by atoms with Crippen molar-refractivity contribution in [2.45, 2.75) is 0 Å². The van der Waals surface area contributed by atoms with Crippen LogP contribution in [-0.2, 0) is 9.59 Å². The molecule has 2 aliphatic rings. The molecule has 0 aromatic heterocycles. The van der Waals surface area contributed by atoms with E-state index in [1.54, 1.807) is 24.3 Å². The topological polar surface area (TPSA) is 84.9 Å². The van der Waals surface area contributed by atoms with Gasteiger partial charge in [0.2, 0.25) is 5.91 Å². The third-order valence-corrected chi connectivity index (χ3v) is 5.10. The van der Waals surface area contributed by atoms with Crippen LogP contribution in [0.15, 0.2) is 47.4 Å². The predicted molar refractivity (Wildman–Crippen MR) is 105 cm³/mol. The second-order valence-corrected chi connectivity index (χ2v) is 7.19. The molecule has 7 nitrogen and oxygen atoms in total. The van der Waals surface area contributed by atoms with Crippen molar-refractivity contribution >= 4 is 40.6 Å². The van der Waals surface area contributed by atoms with E-state index in [2.05, 4.69) is 5.32 Å². The molecule has 2 heterocycles. The van der Waals surface area contributed by atoms with Gasteiger partial charge < -0.3 is 14.8 Å². The fraction of sp³-hybridized carbons (Fsp3) is 0.150. The average Bonchev–Trinajstić information content (AvgIpc) is 2.97. The number of halogens is 1. The zero-order valence-corrected chi connectivity index (χ0v) is 15.8. The van der Waals surface area contributed by atoms with Gasteiger partial charge in [0.1, 0.15) is 25.6 Å². The zero-order chi connectivity index (χ0) is 20.4. The molecule has 0 unspecified atom stereocenters. The number of nitrogens with one attached hydrogen (secondary N) is 1. The van der Waals surface area contributed by atoms with E-state index in [-0.39, 0.29) is 10.5 Å². The average molecular weight is 414 g/mol. The van der Waals surface area contributed by atoms with Crippen LogP contribution >= 0.6 is 11.8 Å². The summed E-state index contributed by atoms with van der Waals surface area (Å²) in [5, 5.41) is 2.04. The molecule has 0 saturated carbocycles. The Morgan fingerprint density at radius 2 is 1.90 bits per heavy atom. The summed E-state index contributed by atoms with van der Waals surface area (Å²) in [7, 11) is 0. The molecule has 3 amide bonds. The van der Waals surface area contributed by atoms with Crippen LogP contribution in [0.1, 0.15) is 5.56 Å². The largest absolute Gasteiger partial charge is 0.486 e. The highest BCUT2D eigenvalue weighted by Gasteiger charge is 2.36. The number of amides is 3. The Morgan fingerprint density at radius 1 is 1.14 bits per heavy atom. The van der Waals surface area contributed by atoms with Crippen molar-refractivity contribution < 1.29 is 28.2 Å². The minimum absolute atomic E-state index is 0.0622. The Morgan fingerprint density at radius 3 is 2.69 bits per heavy atom. The number of thioether (sulfide) groups is 1. The monoisotopic (exact) mass is 414 g/mol. The Kier molecular flexibility index (Phi) is 5.22. The lowest BCUT2D eigenvalue weighted by molar-refractivity contribution is -0.127. The van der Waals surface area contributed by atoms with E-state index in [1.165, 1.54) is 24.3 Å². The molecule has 0 atom stereocenters. The molecule has 1 saturated heterocycles. The number of benzene rings is 2. The summed E-state index contributed by atoms with van der Waals surface area (Å²) < 4.78 is 24.7. The first kappa shape index (κ1) is 19.0. The first-order valence-corrected chi connectivity index (χ1v) is 9.52. The fourth-order valence-electron chi connectivity index (χ4n) is 2.83. The summed E-state index contributed by atoms with van der Waals surface area (Å²) >= 11 is 0.668. The molecule has 9 heteroatoms. The van der Waals surface area contributed by atoms with Gasteiger partial charge in [0.15, 0.2) is 11.5 Å². The van der Waals surface area contributed by atoms with Gasteiger partial charge in [0, 0.05) is 17.3 Å². The lowest BCUT2D eigenvalue weighted by Gasteiger charge is -2.19. The molecule has 0 bridgehead atoms. The van der Waals surface area contributed by atoms with Crippen LogP contribution in [0.3, 0.4) is 0 Å². The first-order valence-electron chi connectivity index (χ1n) is 8.70. The van der Waals surface area contributed by atoms with Gasteiger partial charge in [-0.1, -0.05) is 18.2 Å². The SMILES string of the molecule is O=C(CN1C(=O)S/C(=C/c2ccccc2F)C1=O)Nc1ccc2c(c1)OCCO2. The summed E-state index contributed by atoms with van der Waals surface area (Å²) in [6, 6.07) is 10.8. The maximum Gasteiger partial charge on any atom is 0.294 e. The number of ether oxygens (including phenoxy) is 2. The molecular formula is C20H15FN2O5S. The van der Waals surface area contributed by atoms with E-state index in [0.29, 0.717) is 42.2 Å². The fourth-order valence-corrected chi connectivity index (χ4v) is 3.66. The molecule has 148 valence electrons. The second-order valence-electron chi connectivity index (χ2n) is 6.20. The lowest BCUT2D eigenvalue weighted by atomic mass is 10.2. The molecule has 1 N–H and O–H groups in total. The molecule has 1 fully saturated rings. The van der Waals surface area contributed by atoms with Crippen LogP contribution in [0, 0.1) is 5.82 Å². The van der Waals surface area contributed by atoms with E-state index < -0.39 is 29.4 Å². The molecule has 0 spiro atoms. The van der Waals surface area contributed by atoms with Gasteiger partial charge in [0.25, 0.3) is 11.1 Å².